The zero-order valence-electron chi connectivity index (χ0n) is 12.4. The van der Waals surface area contributed by atoms with E-state index in [1.54, 1.807) is 7.05 Å². The van der Waals surface area contributed by atoms with Gasteiger partial charge in [-0.3, -0.25) is 4.79 Å². The maximum atomic E-state index is 12.7. The predicted octanol–water partition coefficient (Wildman–Crippen LogP) is 1.22. The molecule has 1 N–H and O–H groups in total. The van der Waals surface area contributed by atoms with Gasteiger partial charge in [-0.05, 0) is 31.3 Å². The summed E-state index contributed by atoms with van der Waals surface area (Å²) in [4.78, 5) is 13.9. The molecule has 1 aliphatic carbocycles. The summed E-state index contributed by atoms with van der Waals surface area (Å²) in [5, 5.41) is 12.0. The molecule has 0 saturated carbocycles. The molecule has 0 aromatic rings. The molecule has 4 atom stereocenters. The molecule has 1 amide bonds. The van der Waals surface area contributed by atoms with Gasteiger partial charge < -0.3 is 10.0 Å². The van der Waals surface area contributed by atoms with E-state index in [2.05, 4.69) is 0 Å². The largest absolute Gasteiger partial charge is 0.390 e. The molecule has 7 heteroatoms. The third-order valence-corrected chi connectivity index (χ3v) is 7.48. The average Bonchev–Trinajstić information content (AvgIpc) is 2.72. The maximum absolute atomic E-state index is 12.7. The van der Waals surface area contributed by atoms with E-state index in [1.807, 2.05) is 12.2 Å². The molecule has 3 aliphatic rings. The number of carbonyl (C=O) groups is 1. The van der Waals surface area contributed by atoms with Crippen LogP contribution in [0.25, 0.3) is 0 Å². The zero-order valence-corrected chi connectivity index (χ0v) is 14.0. The van der Waals surface area contributed by atoms with Crippen molar-refractivity contribution in [2.75, 3.05) is 12.9 Å². The molecule has 0 radical (unpaired) electrons. The maximum Gasteiger partial charge on any atom is 0.249 e. The Labute approximate surface area is 135 Å². The first-order valence-electron chi connectivity index (χ1n) is 7.51. The molecule has 2 aliphatic heterocycles. The highest BCUT2D eigenvalue weighted by molar-refractivity contribution is 7.97. The number of likely N-dealkylation sites (N-methyl/N-ethyl adjacent to an activating group) is 1. The fraction of sp³-hybridized carbons (Fsp3) is 0.667. The molecule has 0 spiro atoms. The lowest BCUT2D eigenvalue weighted by atomic mass is 9.72. The molecule has 5 nitrogen and oxygen atoms in total. The molecule has 0 aromatic carbocycles. The van der Waals surface area contributed by atoms with Crippen LogP contribution in [0.4, 0.5) is 0 Å². The van der Waals surface area contributed by atoms with E-state index in [1.165, 1.54) is 4.90 Å². The highest BCUT2D eigenvalue weighted by atomic mass is 35.5. The summed E-state index contributed by atoms with van der Waals surface area (Å²) in [6.45, 7) is 0. The fourth-order valence-corrected chi connectivity index (χ4v) is 6.65. The Morgan fingerprint density at radius 2 is 2.27 bits per heavy atom. The number of allylic oxidation sites excluding steroid dienone is 1. The van der Waals surface area contributed by atoms with E-state index < -0.39 is 32.6 Å². The smallest absolute Gasteiger partial charge is 0.249 e. The summed E-state index contributed by atoms with van der Waals surface area (Å²) in [6, 6.07) is -0.589. The van der Waals surface area contributed by atoms with Gasteiger partial charge in [0.25, 0.3) is 0 Å². The van der Waals surface area contributed by atoms with Gasteiger partial charge in [-0.15, -0.1) is 11.6 Å². The summed E-state index contributed by atoms with van der Waals surface area (Å²) in [5.74, 6) is -0.521. The first-order valence-corrected chi connectivity index (χ1v) is 9.59. The van der Waals surface area contributed by atoms with Crippen molar-refractivity contribution in [1.82, 2.24) is 4.90 Å². The summed E-state index contributed by atoms with van der Waals surface area (Å²) in [7, 11) is -2.27. The van der Waals surface area contributed by atoms with Crippen LogP contribution in [0.5, 0.6) is 0 Å². The van der Waals surface area contributed by atoms with Crippen LogP contribution in [0, 0.1) is 5.92 Å². The van der Waals surface area contributed by atoms with E-state index in [0.717, 1.165) is 18.2 Å². The van der Waals surface area contributed by atoms with Crippen molar-refractivity contribution >= 4 is 27.3 Å². The molecule has 22 heavy (non-hydrogen) atoms. The van der Waals surface area contributed by atoms with Crippen LogP contribution < -0.4 is 0 Å². The van der Waals surface area contributed by atoms with Gasteiger partial charge >= 0.3 is 0 Å². The molecule has 1 fully saturated rings. The normalized spacial score (nSPS) is 37.5. The molecule has 0 aromatic heterocycles. The van der Waals surface area contributed by atoms with E-state index in [-0.39, 0.29) is 11.8 Å². The number of hydrogen-bond donors (Lipinski definition) is 1. The number of alkyl halides is 1. The number of fused-ring (bicyclic) bond motifs is 1. The number of nitrogens with zero attached hydrogens (tertiary/aromatic N) is 1. The zero-order chi connectivity index (χ0) is 16.1. The minimum atomic E-state index is -3.85. The van der Waals surface area contributed by atoms with Crippen LogP contribution in [0.3, 0.4) is 0 Å². The van der Waals surface area contributed by atoms with Gasteiger partial charge in [-0.25, -0.2) is 8.42 Å². The molecule has 122 valence electrons. The Bertz CT molecular complexity index is 656. The average molecular weight is 346 g/mol. The van der Waals surface area contributed by atoms with Crippen molar-refractivity contribution < 1.29 is 18.3 Å². The number of β-lactam (4-membered cyclic amide) rings is 1. The molecule has 0 bridgehead atoms. The quantitative estimate of drug-likeness (QED) is 0.472. The molecule has 3 rings (SSSR count). The number of halogens is 1. The Morgan fingerprint density at radius 3 is 2.86 bits per heavy atom. The van der Waals surface area contributed by atoms with Crippen LogP contribution in [-0.4, -0.2) is 54.2 Å². The summed E-state index contributed by atoms with van der Waals surface area (Å²) < 4.78 is 23.7. The van der Waals surface area contributed by atoms with Gasteiger partial charge in [-0.2, -0.15) is 0 Å². The fourth-order valence-electron chi connectivity index (χ4n) is 4.08. The summed E-state index contributed by atoms with van der Waals surface area (Å²) in [6.07, 6.45) is 5.50. The van der Waals surface area contributed by atoms with Gasteiger partial charge in [-0.1, -0.05) is 12.2 Å². The number of aliphatic hydroxyl groups excluding tert-OH is 1. The van der Waals surface area contributed by atoms with Crippen molar-refractivity contribution in [2.24, 2.45) is 5.92 Å². The van der Waals surface area contributed by atoms with Crippen molar-refractivity contribution in [1.29, 1.82) is 0 Å². The number of aliphatic hydroxyl groups is 1. The highest BCUT2D eigenvalue weighted by Crippen LogP contribution is 2.52. The number of carbonyl (C=O) groups excluding carboxylic acids is 1. The van der Waals surface area contributed by atoms with Crippen molar-refractivity contribution in [3.63, 3.8) is 0 Å². The molecule has 2 heterocycles. The monoisotopic (exact) mass is 345 g/mol. The van der Waals surface area contributed by atoms with Crippen molar-refractivity contribution in [3.05, 3.63) is 23.1 Å². The third kappa shape index (κ3) is 1.87. The summed E-state index contributed by atoms with van der Waals surface area (Å²) >= 11 is 5.76. The van der Waals surface area contributed by atoms with E-state index >= 15 is 0 Å². The van der Waals surface area contributed by atoms with Crippen LogP contribution in [-0.2, 0) is 14.6 Å². The minimum absolute atomic E-state index is 0.287. The standard InChI is InChI=1S/C15H20ClNO4S/c1-17-12-11(7-8-16)9-22(20,21)15(12,14(17)19)13(18)10-5-3-2-4-6-10/h3,5,9-10,12-13,18H,2,4,6-8H2,1H3/t10-,12+,13+,15+/m1/s1. The SMILES string of the molecule is CN1C(=O)[C@@]2([C@@H](O)[C@@H]3C=CCCC3)[C@@H]1C(CCCl)=CS2(=O)=O. The van der Waals surface area contributed by atoms with Gasteiger partial charge in [0.2, 0.25) is 10.7 Å². The number of rotatable bonds is 4. The second-order valence-electron chi connectivity index (χ2n) is 6.26. The Balaban J connectivity index is 2.04. The van der Waals surface area contributed by atoms with Crippen LogP contribution in [0.15, 0.2) is 23.1 Å². The second-order valence-corrected chi connectivity index (χ2v) is 8.64. The lowest BCUT2D eigenvalue weighted by Crippen LogP contribution is -2.79. The lowest BCUT2D eigenvalue weighted by molar-refractivity contribution is -0.155. The van der Waals surface area contributed by atoms with Crippen molar-refractivity contribution in [3.8, 4) is 0 Å². The first kappa shape index (κ1) is 16.0. The molecule has 0 unspecified atom stereocenters. The lowest BCUT2D eigenvalue weighted by Gasteiger charge is -2.54. The molecule has 1 saturated heterocycles. The van der Waals surface area contributed by atoms with Gasteiger partial charge in [0.05, 0.1) is 12.1 Å². The predicted molar refractivity (Wildman–Crippen MR) is 84.1 cm³/mol. The highest BCUT2D eigenvalue weighted by Gasteiger charge is 2.74. The van der Waals surface area contributed by atoms with Crippen LogP contribution in [0.1, 0.15) is 25.7 Å². The Kier molecular flexibility index (Phi) is 3.90. The van der Waals surface area contributed by atoms with E-state index in [0.29, 0.717) is 18.4 Å². The van der Waals surface area contributed by atoms with Gasteiger partial charge in [0.1, 0.15) is 0 Å². The van der Waals surface area contributed by atoms with Crippen LogP contribution >= 0.6 is 11.6 Å². The van der Waals surface area contributed by atoms with E-state index in [9.17, 15) is 18.3 Å². The third-order valence-electron chi connectivity index (χ3n) is 5.10. The van der Waals surface area contributed by atoms with Gasteiger partial charge in [0, 0.05) is 24.3 Å². The Hall–Kier alpha value is -0.850. The topological polar surface area (TPSA) is 74.7 Å². The molecular formula is C15H20ClNO4S. The number of likely N-dealkylation sites (tertiary alicyclic amines) is 1. The van der Waals surface area contributed by atoms with Gasteiger partial charge in [0.15, 0.2) is 9.84 Å². The number of amides is 1. The number of sulfone groups is 1. The Morgan fingerprint density at radius 1 is 1.55 bits per heavy atom. The number of hydrogen-bond acceptors (Lipinski definition) is 4. The molecular weight excluding hydrogens is 326 g/mol. The summed E-state index contributed by atoms with van der Waals surface area (Å²) in [5.41, 5.74) is 0.621. The second kappa shape index (κ2) is 5.35. The van der Waals surface area contributed by atoms with Crippen LogP contribution in [0.2, 0.25) is 0 Å². The first-order chi connectivity index (χ1) is 10.4. The minimum Gasteiger partial charge on any atom is -0.390 e. The van der Waals surface area contributed by atoms with Crippen molar-refractivity contribution in [2.45, 2.75) is 42.6 Å². The van der Waals surface area contributed by atoms with E-state index in [4.69, 9.17) is 11.6 Å².